The molecule has 0 spiro atoms. The van der Waals surface area contributed by atoms with Crippen LogP contribution in [0.3, 0.4) is 0 Å². The summed E-state index contributed by atoms with van der Waals surface area (Å²) in [6, 6.07) is 12.7. The minimum absolute atomic E-state index is 0.211. The number of hydrogen-bond acceptors (Lipinski definition) is 6. The van der Waals surface area contributed by atoms with E-state index in [2.05, 4.69) is 15.6 Å². The molecular weight excluding hydrogens is 410 g/mol. The zero-order chi connectivity index (χ0) is 22.1. The molecule has 0 saturated carbocycles. The van der Waals surface area contributed by atoms with E-state index in [0.29, 0.717) is 30.9 Å². The van der Waals surface area contributed by atoms with Crippen molar-refractivity contribution in [2.24, 2.45) is 0 Å². The molecule has 1 N–H and O–H groups in total. The third-order valence-corrected chi connectivity index (χ3v) is 5.77. The van der Waals surface area contributed by atoms with Gasteiger partial charge in [-0.2, -0.15) is 0 Å². The van der Waals surface area contributed by atoms with Gasteiger partial charge >= 0.3 is 0 Å². The van der Waals surface area contributed by atoms with Crippen molar-refractivity contribution in [1.82, 2.24) is 25.2 Å². The van der Waals surface area contributed by atoms with E-state index in [1.165, 1.54) is 4.90 Å². The van der Waals surface area contributed by atoms with Crippen LogP contribution in [0.4, 0.5) is 0 Å². The van der Waals surface area contributed by atoms with E-state index >= 15 is 0 Å². The Balaban J connectivity index is 1.27. The van der Waals surface area contributed by atoms with Gasteiger partial charge in [0.25, 0.3) is 5.91 Å². The van der Waals surface area contributed by atoms with E-state index in [0.717, 1.165) is 16.7 Å². The normalized spacial score (nSPS) is 17.9. The number of carbonyl (C=O) groups is 3. The maximum atomic E-state index is 12.9. The SMILES string of the molecule is O=C1CCC(N2Cc3c(OCc4ccc(Cn5ccnn5)cc4)cccc3C2=O)C(=O)N1. The Labute approximate surface area is 184 Å². The van der Waals surface area contributed by atoms with Crippen LogP contribution in [-0.4, -0.2) is 43.7 Å². The Morgan fingerprint density at radius 2 is 1.88 bits per heavy atom. The van der Waals surface area contributed by atoms with Gasteiger partial charge in [-0.15, -0.1) is 5.10 Å². The molecule has 2 aliphatic heterocycles. The second-order valence-electron chi connectivity index (χ2n) is 7.89. The lowest BCUT2D eigenvalue weighted by molar-refractivity contribution is -0.136. The molecule has 0 aliphatic carbocycles. The zero-order valence-corrected chi connectivity index (χ0v) is 17.2. The molecule has 1 atom stereocenters. The third kappa shape index (κ3) is 3.84. The van der Waals surface area contributed by atoms with Gasteiger partial charge in [-0.1, -0.05) is 35.5 Å². The molecule has 162 valence electrons. The van der Waals surface area contributed by atoms with Gasteiger partial charge in [0, 0.05) is 23.7 Å². The average Bonchev–Trinajstić information content (AvgIpc) is 3.42. The molecule has 0 radical (unpaired) electrons. The summed E-state index contributed by atoms with van der Waals surface area (Å²) in [6.07, 6.45) is 4.02. The molecule has 2 aliphatic rings. The largest absolute Gasteiger partial charge is 0.489 e. The fourth-order valence-corrected chi connectivity index (χ4v) is 4.10. The van der Waals surface area contributed by atoms with Crippen LogP contribution in [-0.2, 0) is 29.3 Å². The first kappa shape index (κ1) is 19.9. The Hall–Kier alpha value is -4.01. The van der Waals surface area contributed by atoms with E-state index in [4.69, 9.17) is 4.74 Å². The van der Waals surface area contributed by atoms with Crippen molar-refractivity contribution in [2.75, 3.05) is 0 Å². The smallest absolute Gasteiger partial charge is 0.255 e. The van der Waals surface area contributed by atoms with Crippen LogP contribution < -0.4 is 10.1 Å². The fourth-order valence-electron chi connectivity index (χ4n) is 4.10. The average molecular weight is 431 g/mol. The van der Waals surface area contributed by atoms with Gasteiger partial charge in [-0.3, -0.25) is 19.7 Å². The molecule has 3 aromatic rings. The summed E-state index contributed by atoms with van der Waals surface area (Å²) in [5, 5.41) is 10.1. The van der Waals surface area contributed by atoms with Crippen molar-refractivity contribution in [3.63, 3.8) is 0 Å². The number of nitrogens with zero attached hydrogens (tertiary/aromatic N) is 4. The molecule has 9 nitrogen and oxygen atoms in total. The molecule has 1 unspecified atom stereocenters. The quantitative estimate of drug-likeness (QED) is 0.595. The molecule has 3 amide bonds. The first-order chi connectivity index (χ1) is 15.6. The standard InChI is InChI=1S/C23H21N5O4/c29-21-9-8-19(22(30)25-21)28-13-18-17(23(28)31)2-1-3-20(18)32-14-16-6-4-15(5-7-16)12-27-11-10-24-26-27/h1-7,10-11,19H,8-9,12-14H2,(H,25,29,30). The molecule has 1 saturated heterocycles. The highest BCUT2D eigenvalue weighted by atomic mass is 16.5. The molecule has 3 heterocycles. The van der Waals surface area contributed by atoms with E-state index in [-0.39, 0.29) is 24.8 Å². The zero-order valence-electron chi connectivity index (χ0n) is 17.2. The van der Waals surface area contributed by atoms with E-state index in [9.17, 15) is 14.4 Å². The highest BCUT2D eigenvalue weighted by Gasteiger charge is 2.40. The first-order valence-corrected chi connectivity index (χ1v) is 10.4. The van der Waals surface area contributed by atoms with Crippen LogP contribution >= 0.6 is 0 Å². The Morgan fingerprint density at radius 3 is 2.62 bits per heavy atom. The maximum absolute atomic E-state index is 12.9. The predicted octanol–water partition coefficient (Wildman–Crippen LogP) is 1.67. The summed E-state index contributed by atoms with van der Waals surface area (Å²) in [4.78, 5) is 38.1. The van der Waals surface area contributed by atoms with Crippen LogP contribution in [0.5, 0.6) is 5.75 Å². The molecular formula is C23H21N5O4. The molecule has 5 rings (SSSR count). The Morgan fingerprint density at radius 1 is 1.06 bits per heavy atom. The van der Waals surface area contributed by atoms with Crippen molar-refractivity contribution < 1.29 is 19.1 Å². The lowest BCUT2D eigenvalue weighted by Gasteiger charge is -2.29. The summed E-state index contributed by atoms with van der Waals surface area (Å²) in [5.41, 5.74) is 3.40. The number of fused-ring (bicyclic) bond motifs is 1. The van der Waals surface area contributed by atoms with Crippen molar-refractivity contribution in [3.8, 4) is 5.75 Å². The van der Waals surface area contributed by atoms with Gasteiger partial charge in [-0.05, 0) is 29.7 Å². The number of hydrogen-bond donors (Lipinski definition) is 1. The third-order valence-electron chi connectivity index (χ3n) is 5.77. The molecule has 1 aromatic heterocycles. The monoisotopic (exact) mass is 431 g/mol. The van der Waals surface area contributed by atoms with Gasteiger partial charge in [0.1, 0.15) is 18.4 Å². The predicted molar refractivity (Wildman–Crippen MR) is 112 cm³/mol. The summed E-state index contributed by atoms with van der Waals surface area (Å²) in [5.74, 6) is -0.308. The van der Waals surface area contributed by atoms with Crippen LogP contribution in [0.1, 0.15) is 39.9 Å². The minimum Gasteiger partial charge on any atom is -0.489 e. The second-order valence-corrected chi connectivity index (χ2v) is 7.89. The summed E-state index contributed by atoms with van der Waals surface area (Å²) < 4.78 is 7.80. The molecule has 32 heavy (non-hydrogen) atoms. The molecule has 1 fully saturated rings. The van der Waals surface area contributed by atoms with Crippen molar-refractivity contribution in [2.45, 2.75) is 38.6 Å². The Bertz CT molecular complexity index is 1170. The lowest BCUT2D eigenvalue weighted by atomic mass is 10.0. The van der Waals surface area contributed by atoms with Crippen molar-refractivity contribution in [3.05, 3.63) is 77.1 Å². The van der Waals surface area contributed by atoms with Crippen LogP contribution in [0.25, 0.3) is 0 Å². The molecule has 9 heteroatoms. The maximum Gasteiger partial charge on any atom is 0.255 e. The number of carbonyl (C=O) groups excluding carboxylic acids is 3. The van der Waals surface area contributed by atoms with Crippen LogP contribution in [0, 0.1) is 0 Å². The minimum atomic E-state index is -0.641. The fraction of sp³-hybridized carbons (Fsp3) is 0.261. The topological polar surface area (TPSA) is 106 Å². The summed E-state index contributed by atoms with van der Waals surface area (Å²) >= 11 is 0. The van der Waals surface area contributed by atoms with Crippen LogP contribution in [0.2, 0.25) is 0 Å². The highest BCUT2D eigenvalue weighted by Crippen LogP contribution is 2.33. The number of amides is 3. The van der Waals surface area contributed by atoms with Crippen molar-refractivity contribution >= 4 is 17.7 Å². The Kier molecular flexibility index (Phi) is 5.14. The second kappa shape index (κ2) is 8.26. The molecule has 0 bridgehead atoms. The number of benzene rings is 2. The van der Waals surface area contributed by atoms with Crippen molar-refractivity contribution in [1.29, 1.82) is 0 Å². The number of rotatable bonds is 6. The number of imide groups is 1. The summed E-state index contributed by atoms with van der Waals surface area (Å²) in [7, 11) is 0. The number of nitrogens with one attached hydrogen (secondary N) is 1. The molecule has 2 aromatic carbocycles. The van der Waals surface area contributed by atoms with Gasteiger partial charge in [0.2, 0.25) is 11.8 Å². The lowest BCUT2D eigenvalue weighted by Crippen LogP contribution is -2.52. The van der Waals surface area contributed by atoms with Gasteiger partial charge in [0.15, 0.2) is 0 Å². The van der Waals surface area contributed by atoms with Crippen LogP contribution in [0.15, 0.2) is 54.9 Å². The van der Waals surface area contributed by atoms with Gasteiger partial charge < -0.3 is 9.64 Å². The highest BCUT2D eigenvalue weighted by molar-refractivity contribution is 6.05. The van der Waals surface area contributed by atoms with Gasteiger partial charge in [-0.25, -0.2) is 4.68 Å². The number of aromatic nitrogens is 3. The number of ether oxygens (including phenoxy) is 1. The van der Waals surface area contributed by atoms with E-state index in [1.54, 1.807) is 23.0 Å². The number of piperidine rings is 1. The first-order valence-electron chi connectivity index (χ1n) is 10.4. The van der Waals surface area contributed by atoms with Gasteiger partial charge in [0.05, 0.1) is 19.3 Å². The summed E-state index contributed by atoms with van der Waals surface area (Å²) in [6.45, 7) is 1.28. The van der Waals surface area contributed by atoms with E-state index in [1.807, 2.05) is 36.5 Å². The van der Waals surface area contributed by atoms with E-state index < -0.39 is 11.9 Å².